The van der Waals surface area contributed by atoms with Gasteiger partial charge in [-0.2, -0.15) is 0 Å². The van der Waals surface area contributed by atoms with Gasteiger partial charge in [0.25, 0.3) is 0 Å². The van der Waals surface area contributed by atoms with Gasteiger partial charge in [0.1, 0.15) is 0 Å². The van der Waals surface area contributed by atoms with Crippen LogP contribution in [0.15, 0.2) is 23.0 Å². The molecule has 1 fully saturated rings. The van der Waals surface area contributed by atoms with E-state index in [0.29, 0.717) is 13.0 Å². The Bertz CT molecular complexity index is 700. The van der Waals surface area contributed by atoms with Gasteiger partial charge >= 0.3 is 5.69 Å². The summed E-state index contributed by atoms with van der Waals surface area (Å²) in [5, 5.41) is 2.93. The molecule has 2 heterocycles. The number of nitrogens with one attached hydrogen (secondary N) is 3. The summed E-state index contributed by atoms with van der Waals surface area (Å²) >= 11 is 0. The predicted molar refractivity (Wildman–Crippen MR) is 82.9 cm³/mol. The number of amides is 1. The quantitative estimate of drug-likeness (QED) is 0.716. The van der Waals surface area contributed by atoms with E-state index in [1.807, 2.05) is 18.2 Å². The first-order valence-electron chi connectivity index (χ1n) is 7.48. The normalized spacial score (nSPS) is 16.0. The highest BCUT2D eigenvalue weighted by Crippen LogP contribution is 2.10. The first-order chi connectivity index (χ1) is 10.7. The molecule has 7 nitrogen and oxygen atoms in total. The largest absolute Gasteiger partial charge is 0.379 e. The number of rotatable bonds is 5. The summed E-state index contributed by atoms with van der Waals surface area (Å²) in [7, 11) is 0. The number of H-pyrrole nitrogens is 2. The van der Waals surface area contributed by atoms with Crippen molar-refractivity contribution >= 4 is 16.9 Å². The summed E-state index contributed by atoms with van der Waals surface area (Å²) < 4.78 is 5.29. The highest BCUT2D eigenvalue weighted by atomic mass is 16.5. The minimum absolute atomic E-state index is 0.00880. The summed E-state index contributed by atoms with van der Waals surface area (Å²) in [6.45, 7) is 4.87. The number of nitrogens with zero attached hydrogens (tertiary/aromatic N) is 1. The Morgan fingerprint density at radius 2 is 2.00 bits per heavy atom. The smallest absolute Gasteiger partial charge is 0.323 e. The van der Waals surface area contributed by atoms with Crippen LogP contribution in [0, 0.1) is 0 Å². The number of aromatic amines is 2. The second kappa shape index (κ2) is 6.76. The lowest BCUT2D eigenvalue weighted by Crippen LogP contribution is -2.41. The molecular formula is C15H20N4O3. The van der Waals surface area contributed by atoms with E-state index in [-0.39, 0.29) is 11.6 Å². The SMILES string of the molecule is O=C(Cc1ccc2[nH]c(=O)[nH]c2c1)NCCN1CCOCC1. The van der Waals surface area contributed by atoms with Crippen LogP contribution in [0.3, 0.4) is 0 Å². The maximum atomic E-state index is 12.0. The number of ether oxygens (including phenoxy) is 1. The fourth-order valence-electron chi connectivity index (χ4n) is 2.62. The molecule has 7 heteroatoms. The highest BCUT2D eigenvalue weighted by molar-refractivity contribution is 5.81. The van der Waals surface area contributed by atoms with E-state index in [1.165, 1.54) is 0 Å². The van der Waals surface area contributed by atoms with Crippen LogP contribution >= 0.6 is 0 Å². The van der Waals surface area contributed by atoms with Gasteiger partial charge in [0, 0.05) is 26.2 Å². The van der Waals surface area contributed by atoms with Gasteiger partial charge in [-0.1, -0.05) is 6.07 Å². The van der Waals surface area contributed by atoms with Crippen molar-refractivity contribution in [2.45, 2.75) is 6.42 Å². The second-order valence-electron chi connectivity index (χ2n) is 5.44. The van der Waals surface area contributed by atoms with Gasteiger partial charge in [0.05, 0.1) is 30.7 Å². The molecule has 1 aliphatic rings. The van der Waals surface area contributed by atoms with E-state index < -0.39 is 0 Å². The van der Waals surface area contributed by atoms with Gasteiger partial charge in [-0.15, -0.1) is 0 Å². The van der Waals surface area contributed by atoms with E-state index in [4.69, 9.17) is 4.74 Å². The van der Waals surface area contributed by atoms with Crippen LogP contribution in [0.4, 0.5) is 0 Å². The first kappa shape index (κ1) is 14.8. The molecule has 0 saturated carbocycles. The molecule has 1 aliphatic heterocycles. The average molecular weight is 304 g/mol. The number of aromatic nitrogens is 2. The van der Waals surface area contributed by atoms with Crippen molar-refractivity contribution in [1.29, 1.82) is 0 Å². The van der Waals surface area contributed by atoms with Crippen molar-refractivity contribution in [3.63, 3.8) is 0 Å². The van der Waals surface area contributed by atoms with Gasteiger partial charge in [-0.3, -0.25) is 9.69 Å². The molecule has 0 unspecified atom stereocenters. The van der Waals surface area contributed by atoms with E-state index in [0.717, 1.165) is 49.4 Å². The van der Waals surface area contributed by atoms with Crippen LogP contribution in [-0.4, -0.2) is 60.2 Å². The van der Waals surface area contributed by atoms with Crippen LogP contribution in [0.25, 0.3) is 11.0 Å². The molecule has 2 aromatic rings. The molecule has 118 valence electrons. The minimum atomic E-state index is -0.234. The van der Waals surface area contributed by atoms with Crippen molar-refractivity contribution in [1.82, 2.24) is 20.2 Å². The average Bonchev–Trinajstić information content (AvgIpc) is 2.87. The first-order valence-corrected chi connectivity index (χ1v) is 7.48. The molecule has 0 bridgehead atoms. The van der Waals surface area contributed by atoms with E-state index in [2.05, 4.69) is 20.2 Å². The van der Waals surface area contributed by atoms with Crippen molar-refractivity contribution in [2.75, 3.05) is 39.4 Å². The fraction of sp³-hybridized carbons (Fsp3) is 0.467. The minimum Gasteiger partial charge on any atom is -0.379 e. The molecule has 1 saturated heterocycles. The molecular weight excluding hydrogens is 284 g/mol. The summed E-state index contributed by atoms with van der Waals surface area (Å²) in [5.41, 5.74) is 2.12. The number of imidazole rings is 1. The number of hydrogen-bond donors (Lipinski definition) is 3. The number of benzene rings is 1. The zero-order valence-electron chi connectivity index (χ0n) is 12.4. The monoisotopic (exact) mass is 304 g/mol. The number of carbonyl (C=O) groups excluding carboxylic acids is 1. The molecule has 3 N–H and O–H groups in total. The topological polar surface area (TPSA) is 90.2 Å². The second-order valence-corrected chi connectivity index (χ2v) is 5.44. The number of morpholine rings is 1. The van der Waals surface area contributed by atoms with E-state index in [1.54, 1.807) is 0 Å². The van der Waals surface area contributed by atoms with E-state index in [9.17, 15) is 9.59 Å². The van der Waals surface area contributed by atoms with Gasteiger partial charge in [0.2, 0.25) is 5.91 Å². The summed E-state index contributed by atoms with van der Waals surface area (Å²) in [6.07, 6.45) is 0.312. The zero-order valence-corrected chi connectivity index (χ0v) is 12.4. The van der Waals surface area contributed by atoms with Crippen LogP contribution in [0.2, 0.25) is 0 Å². The Labute approximate surface area is 127 Å². The molecule has 0 radical (unpaired) electrons. The zero-order chi connectivity index (χ0) is 15.4. The number of fused-ring (bicyclic) bond motifs is 1. The highest BCUT2D eigenvalue weighted by Gasteiger charge is 2.10. The Kier molecular flexibility index (Phi) is 4.55. The Balaban J connectivity index is 1.48. The Hall–Kier alpha value is -2.12. The summed E-state index contributed by atoms with van der Waals surface area (Å²) in [6, 6.07) is 5.49. The molecule has 3 rings (SSSR count). The molecule has 0 spiro atoms. The van der Waals surface area contributed by atoms with Gasteiger partial charge < -0.3 is 20.0 Å². The Morgan fingerprint density at radius 3 is 2.82 bits per heavy atom. The van der Waals surface area contributed by atoms with Gasteiger partial charge in [-0.05, 0) is 17.7 Å². The van der Waals surface area contributed by atoms with Gasteiger partial charge in [-0.25, -0.2) is 4.79 Å². The maximum absolute atomic E-state index is 12.0. The molecule has 0 aliphatic carbocycles. The van der Waals surface area contributed by atoms with Gasteiger partial charge in [0.15, 0.2) is 0 Å². The molecule has 1 aromatic heterocycles. The number of hydrogen-bond acceptors (Lipinski definition) is 4. The standard InChI is InChI=1S/C15H20N4O3/c20-14(16-3-4-19-5-7-22-8-6-19)10-11-1-2-12-13(9-11)18-15(21)17-12/h1-2,9H,3-8,10H2,(H,16,20)(H2,17,18,21). The van der Waals surface area contributed by atoms with Crippen LogP contribution in [0.1, 0.15) is 5.56 Å². The fourth-order valence-corrected chi connectivity index (χ4v) is 2.62. The molecule has 1 amide bonds. The van der Waals surface area contributed by atoms with Crippen LogP contribution in [0.5, 0.6) is 0 Å². The van der Waals surface area contributed by atoms with Crippen molar-refractivity contribution in [3.8, 4) is 0 Å². The summed E-state index contributed by atoms with van der Waals surface area (Å²) in [4.78, 5) is 30.8. The molecule has 0 atom stereocenters. The third kappa shape index (κ3) is 3.75. The lowest BCUT2D eigenvalue weighted by molar-refractivity contribution is -0.120. The van der Waals surface area contributed by atoms with Crippen LogP contribution in [-0.2, 0) is 16.0 Å². The third-order valence-electron chi connectivity index (χ3n) is 3.80. The molecule has 1 aromatic carbocycles. The Morgan fingerprint density at radius 1 is 1.23 bits per heavy atom. The van der Waals surface area contributed by atoms with Crippen molar-refractivity contribution in [3.05, 3.63) is 34.2 Å². The molecule has 22 heavy (non-hydrogen) atoms. The summed E-state index contributed by atoms with van der Waals surface area (Å²) in [5.74, 6) is -0.00880. The van der Waals surface area contributed by atoms with E-state index >= 15 is 0 Å². The van der Waals surface area contributed by atoms with Crippen molar-refractivity contribution in [2.24, 2.45) is 0 Å². The maximum Gasteiger partial charge on any atom is 0.323 e. The van der Waals surface area contributed by atoms with Crippen LogP contribution < -0.4 is 11.0 Å². The third-order valence-corrected chi connectivity index (χ3v) is 3.80. The lowest BCUT2D eigenvalue weighted by atomic mass is 10.1. The number of carbonyl (C=O) groups is 1. The van der Waals surface area contributed by atoms with Crippen molar-refractivity contribution < 1.29 is 9.53 Å². The predicted octanol–water partition coefficient (Wildman–Crippen LogP) is -0.153. The lowest BCUT2D eigenvalue weighted by Gasteiger charge is -2.26.